The van der Waals surface area contributed by atoms with Crippen molar-refractivity contribution in [1.29, 1.82) is 0 Å². The number of aryl methyl sites for hydroxylation is 1. The molecule has 1 heterocycles. The number of H-pyrrole nitrogens is 1. The van der Waals surface area contributed by atoms with Gasteiger partial charge in [-0.25, -0.2) is 13.1 Å². The second-order valence-corrected chi connectivity index (χ2v) is 6.14. The molecule has 0 bridgehead atoms. The highest BCUT2D eigenvalue weighted by Crippen LogP contribution is 2.14. The molecule has 0 saturated carbocycles. The minimum Gasteiger partial charge on any atom is -0.481 e. The molecule has 0 amide bonds. The van der Waals surface area contributed by atoms with E-state index in [1.165, 1.54) is 6.20 Å². The van der Waals surface area contributed by atoms with Crippen LogP contribution in [0.5, 0.6) is 0 Å². The fourth-order valence-corrected chi connectivity index (χ4v) is 2.69. The summed E-state index contributed by atoms with van der Waals surface area (Å²) in [5.41, 5.74) is 0.416. The Morgan fingerprint density at radius 1 is 1.56 bits per heavy atom. The molecule has 1 aromatic rings. The van der Waals surface area contributed by atoms with Crippen molar-refractivity contribution in [3.8, 4) is 0 Å². The van der Waals surface area contributed by atoms with Gasteiger partial charge in [0.05, 0.1) is 17.8 Å². The number of aromatic amines is 1. The molecule has 0 fully saturated rings. The highest BCUT2D eigenvalue weighted by atomic mass is 32.2. The number of carboxylic acid groups (broad SMARTS) is 1. The molecule has 7 nitrogen and oxygen atoms in total. The third-order valence-electron chi connectivity index (χ3n) is 2.69. The van der Waals surface area contributed by atoms with Crippen molar-refractivity contribution >= 4 is 16.0 Å². The lowest BCUT2D eigenvalue weighted by Crippen LogP contribution is -2.35. The number of hydrogen-bond donors (Lipinski definition) is 3. The van der Waals surface area contributed by atoms with Crippen LogP contribution >= 0.6 is 0 Å². The first kappa shape index (κ1) is 14.7. The summed E-state index contributed by atoms with van der Waals surface area (Å²) < 4.78 is 26.1. The molecular weight excluding hydrogens is 258 g/mol. The Bertz CT molecular complexity index is 521. The van der Waals surface area contributed by atoms with E-state index in [2.05, 4.69) is 14.9 Å². The summed E-state index contributed by atoms with van der Waals surface area (Å²) in [6.07, 6.45) is 1.20. The highest BCUT2D eigenvalue weighted by molar-refractivity contribution is 7.89. The molecule has 0 aliphatic heterocycles. The molecule has 3 N–H and O–H groups in total. The third kappa shape index (κ3) is 3.30. The zero-order valence-corrected chi connectivity index (χ0v) is 11.3. The zero-order chi connectivity index (χ0) is 13.9. The van der Waals surface area contributed by atoms with Crippen molar-refractivity contribution in [2.24, 2.45) is 11.8 Å². The predicted molar refractivity (Wildman–Crippen MR) is 64.5 cm³/mol. The van der Waals surface area contributed by atoms with E-state index >= 15 is 0 Å². The first-order chi connectivity index (χ1) is 8.25. The van der Waals surface area contributed by atoms with Gasteiger partial charge in [0.15, 0.2) is 0 Å². The predicted octanol–water partition coefficient (Wildman–Crippen LogP) is 0.353. The number of sulfonamides is 1. The van der Waals surface area contributed by atoms with Gasteiger partial charge >= 0.3 is 5.97 Å². The van der Waals surface area contributed by atoms with Gasteiger partial charge in [0.1, 0.15) is 4.90 Å². The number of aliphatic carboxylic acids is 1. The van der Waals surface area contributed by atoms with E-state index in [1.54, 1.807) is 20.8 Å². The Kier molecular flexibility index (Phi) is 4.47. The maximum atomic E-state index is 11.9. The quantitative estimate of drug-likeness (QED) is 0.693. The average molecular weight is 275 g/mol. The third-order valence-corrected chi connectivity index (χ3v) is 4.23. The van der Waals surface area contributed by atoms with Crippen molar-refractivity contribution in [3.05, 3.63) is 11.9 Å². The lowest BCUT2D eigenvalue weighted by molar-refractivity contribution is -0.142. The van der Waals surface area contributed by atoms with Crippen molar-refractivity contribution in [3.63, 3.8) is 0 Å². The summed E-state index contributed by atoms with van der Waals surface area (Å²) in [4.78, 5) is 11.0. The Hall–Kier alpha value is -1.41. The molecule has 1 rings (SSSR count). The molecule has 102 valence electrons. The number of carbonyl (C=O) groups is 1. The second-order valence-electron chi connectivity index (χ2n) is 4.40. The van der Waals surface area contributed by atoms with Crippen LogP contribution in [0.3, 0.4) is 0 Å². The number of carboxylic acids is 1. The fraction of sp³-hybridized carbons (Fsp3) is 0.600. The Balaban J connectivity index is 2.80. The average Bonchev–Trinajstić information content (AvgIpc) is 2.63. The van der Waals surface area contributed by atoms with E-state index < -0.39 is 21.9 Å². The summed E-state index contributed by atoms with van der Waals surface area (Å²) >= 11 is 0. The lowest BCUT2D eigenvalue weighted by atomic mass is 9.97. The van der Waals surface area contributed by atoms with Crippen LogP contribution in [0.2, 0.25) is 0 Å². The first-order valence-corrected chi connectivity index (χ1v) is 6.96. The van der Waals surface area contributed by atoms with E-state index in [1.807, 2.05) is 0 Å². The molecule has 8 heteroatoms. The molecule has 0 aliphatic carbocycles. The summed E-state index contributed by atoms with van der Waals surface area (Å²) in [6, 6.07) is 0. The largest absolute Gasteiger partial charge is 0.481 e. The van der Waals surface area contributed by atoms with Gasteiger partial charge in [-0.3, -0.25) is 9.89 Å². The monoisotopic (exact) mass is 275 g/mol. The zero-order valence-electron chi connectivity index (χ0n) is 10.5. The van der Waals surface area contributed by atoms with E-state index in [0.29, 0.717) is 5.69 Å². The van der Waals surface area contributed by atoms with Crippen molar-refractivity contribution < 1.29 is 18.3 Å². The molecule has 18 heavy (non-hydrogen) atoms. The van der Waals surface area contributed by atoms with Gasteiger partial charge in [-0.2, -0.15) is 5.10 Å². The molecule has 1 aromatic heterocycles. The second kappa shape index (κ2) is 5.49. The van der Waals surface area contributed by atoms with Crippen LogP contribution in [0.4, 0.5) is 0 Å². The normalized spacial score (nSPS) is 13.8. The molecule has 0 aliphatic rings. The van der Waals surface area contributed by atoms with Gasteiger partial charge in [0.25, 0.3) is 0 Å². The standard InChI is InChI=1S/C10H17N3O4S/c1-6(2)8(10(14)15)4-12-18(16,17)9-5-11-13-7(9)3/h5-6,8,12H,4H2,1-3H3,(H,11,13)(H,14,15). The van der Waals surface area contributed by atoms with Crippen LogP contribution in [-0.2, 0) is 14.8 Å². The molecule has 0 aromatic carbocycles. The maximum absolute atomic E-state index is 11.9. The molecule has 0 spiro atoms. The highest BCUT2D eigenvalue weighted by Gasteiger charge is 2.25. The Morgan fingerprint density at radius 3 is 2.56 bits per heavy atom. The smallest absolute Gasteiger partial charge is 0.308 e. The van der Waals surface area contributed by atoms with E-state index in [4.69, 9.17) is 5.11 Å². The lowest BCUT2D eigenvalue weighted by Gasteiger charge is -2.16. The Morgan fingerprint density at radius 2 is 2.17 bits per heavy atom. The maximum Gasteiger partial charge on any atom is 0.308 e. The van der Waals surface area contributed by atoms with Crippen LogP contribution in [0, 0.1) is 18.8 Å². The van der Waals surface area contributed by atoms with Gasteiger partial charge in [0, 0.05) is 6.54 Å². The van der Waals surface area contributed by atoms with Crippen molar-refractivity contribution in [2.45, 2.75) is 25.7 Å². The van der Waals surface area contributed by atoms with Crippen molar-refractivity contribution in [1.82, 2.24) is 14.9 Å². The summed E-state index contributed by atoms with van der Waals surface area (Å²) in [6.45, 7) is 4.91. The summed E-state index contributed by atoms with van der Waals surface area (Å²) in [5, 5.41) is 15.1. The van der Waals surface area contributed by atoms with E-state index in [9.17, 15) is 13.2 Å². The van der Waals surface area contributed by atoms with Gasteiger partial charge in [-0.1, -0.05) is 13.8 Å². The van der Waals surface area contributed by atoms with Crippen LogP contribution in [0.15, 0.2) is 11.1 Å². The minimum atomic E-state index is -3.72. The van der Waals surface area contributed by atoms with Crippen LogP contribution < -0.4 is 4.72 Å². The van der Waals surface area contributed by atoms with Crippen molar-refractivity contribution in [2.75, 3.05) is 6.54 Å². The molecular formula is C10H17N3O4S. The molecule has 0 saturated heterocycles. The summed E-state index contributed by atoms with van der Waals surface area (Å²) in [7, 11) is -3.72. The topological polar surface area (TPSA) is 112 Å². The number of hydrogen-bond acceptors (Lipinski definition) is 4. The number of rotatable bonds is 6. The van der Waals surface area contributed by atoms with Gasteiger partial charge in [-0.05, 0) is 12.8 Å². The molecule has 1 atom stereocenters. The number of aromatic nitrogens is 2. The SMILES string of the molecule is Cc1[nH]ncc1S(=O)(=O)NCC(C(=O)O)C(C)C. The van der Waals surface area contributed by atoms with Gasteiger partial charge in [0.2, 0.25) is 10.0 Å². The first-order valence-electron chi connectivity index (χ1n) is 5.48. The molecule has 1 unspecified atom stereocenters. The Labute approximate surface area is 106 Å². The van der Waals surface area contributed by atoms with E-state index in [0.717, 1.165) is 0 Å². The van der Waals surface area contributed by atoms with Crippen LogP contribution in [-0.4, -0.2) is 36.2 Å². The summed E-state index contributed by atoms with van der Waals surface area (Å²) in [5.74, 6) is -1.93. The van der Waals surface area contributed by atoms with Gasteiger partial charge < -0.3 is 5.11 Å². The minimum absolute atomic E-state index is 0.0374. The van der Waals surface area contributed by atoms with Gasteiger partial charge in [-0.15, -0.1) is 0 Å². The van der Waals surface area contributed by atoms with E-state index in [-0.39, 0.29) is 17.4 Å². The molecule has 0 radical (unpaired) electrons. The fourth-order valence-electron chi connectivity index (χ4n) is 1.50. The van der Waals surface area contributed by atoms with Crippen LogP contribution in [0.25, 0.3) is 0 Å². The number of nitrogens with one attached hydrogen (secondary N) is 2. The van der Waals surface area contributed by atoms with Crippen LogP contribution in [0.1, 0.15) is 19.5 Å². The number of nitrogens with zero attached hydrogens (tertiary/aromatic N) is 1.